The predicted molar refractivity (Wildman–Crippen MR) is 64.3 cm³/mol. The van der Waals surface area contributed by atoms with Crippen LogP contribution in [-0.2, 0) is 4.79 Å². The summed E-state index contributed by atoms with van der Waals surface area (Å²) in [7, 11) is 0. The Hall–Kier alpha value is -1.13. The molecule has 1 aromatic rings. The molecular weight excluding hydrogens is 245 g/mol. The Morgan fingerprint density at radius 2 is 2.24 bits per heavy atom. The van der Waals surface area contributed by atoms with Crippen LogP contribution < -0.4 is 5.32 Å². The summed E-state index contributed by atoms with van der Waals surface area (Å²) in [6.45, 7) is 1.93. The number of halogens is 2. The largest absolute Gasteiger partial charge is 0.388 e. The summed E-state index contributed by atoms with van der Waals surface area (Å²) < 4.78 is 13.0. The molecule has 5 heteroatoms. The lowest BCUT2D eigenvalue weighted by Crippen LogP contribution is -2.21. The summed E-state index contributed by atoms with van der Waals surface area (Å²) in [5.74, 6) is -0.568. The highest BCUT2D eigenvalue weighted by molar-refractivity contribution is 6.30. The fraction of sp³-hybridized carbons (Fsp3) is 0.417. The smallest absolute Gasteiger partial charge is 0.216 e. The number of amides is 1. The Kier molecular flexibility index (Phi) is 5.38. The summed E-state index contributed by atoms with van der Waals surface area (Å²) in [6.07, 6.45) is 0.298. The molecule has 17 heavy (non-hydrogen) atoms. The molecule has 0 bridgehead atoms. The van der Waals surface area contributed by atoms with Crippen molar-refractivity contribution < 1.29 is 14.3 Å². The normalized spacial score (nSPS) is 12.2. The van der Waals surface area contributed by atoms with E-state index in [0.717, 1.165) is 0 Å². The highest BCUT2D eigenvalue weighted by atomic mass is 35.5. The van der Waals surface area contributed by atoms with E-state index < -0.39 is 11.9 Å². The Bertz CT molecular complexity index is 378. The van der Waals surface area contributed by atoms with Gasteiger partial charge in [0, 0.05) is 18.5 Å². The van der Waals surface area contributed by atoms with Crippen molar-refractivity contribution in [1.29, 1.82) is 0 Å². The van der Waals surface area contributed by atoms with Crippen LogP contribution in [0.3, 0.4) is 0 Å². The molecule has 1 atom stereocenters. The Labute approximate surface area is 105 Å². The molecule has 2 N–H and O–H groups in total. The van der Waals surface area contributed by atoms with E-state index in [9.17, 15) is 14.3 Å². The van der Waals surface area contributed by atoms with E-state index in [2.05, 4.69) is 5.32 Å². The number of carbonyl (C=O) groups excluding carboxylic acids is 1. The molecule has 0 aromatic heterocycles. The van der Waals surface area contributed by atoms with Gasteiger partial charge in [0.25, 0.3) is 0 Å². The lowest BCUT2D eigenvalue weighted by atomic mass is 10.0. The third-order valence-electron chi connectivity index (χ3n) is 2.30. The van der Waals surface area contributed by atoms with E-state index in [0.29, 0.717) is 24.9 Å². The molecule has 3 nitrogen and oxygen atoms in total. The lowest BCUT2D eigenvalue weighted by Gasteiger charge is -2.11. The van der Waals surface area contributed by atoms with E-state index >= 15 is 0 Å². The number of benzene rings is 1. The van der Waals surface area contributed by atoms with Crippen LogP contribution in [0, 0.1) is 5.82 Å². The van der Waals surface area contributed by atoms with Gasteiger partial charge in [-0.25, -0.2) is 4.39 Å². The summed E-state index contributed by atoms with van der Waals surface area (Å²) in [6, 6.07) is 3.98. The van der Waals surface area contributed by atoms with Crippen LogP contribution in [0.1, 0.15) is 31.4 Å². The molecule has 0 fully saturated rings. The number of nitrogens with one attached hydrogen (secondary N) is 1. The number of aliphatic hydroxyl groups is 1. The van der Waals surface area contributed by atoms with Crippen molar-refractivity contribution >= 4 is 17.5 Å². The predicted octanol–water partition coefficient (Wildman–Crippen LogP) is 2.43. The third-order valence-corrected chi connectivity index (χ3v) is 2.52. The maximum absolute atomic E-state index is 13.0. The number of rotatable bonds is 5. The van der Waals surface area contributed by atoms with Gasteiger partial charge in [-0.1, -0.05) is 11.6 Å². The van der Waals surface area contributed by atoms with Gasteiger partial charge >= 0.3 is 0 Å². The van der Waals surface area contributed by atoms with Crippen molar-refractivity contribution in [2.45, 2.75) is 25.9 Å². The van der Waals surface area contributed by atoms with Crippen LogP contribution in [0.25, 0.3) is 0 Å². The zero-order valence-corrected chi connectivity index (χ0v) is 10.3. The Morgan fingerprint density at radius 3 is 2.82 bits per heavy atom. The number of aliphatic hydroxyl groups excluding tert-OH is 1. The average molecular weight is 260 g/mol. The van der Waals surface area contributed by atoms with Crippen LogP contribution in [0.5, 0.6) is 0 Å². The second kappa shape index (κ2) is 6.57. The van der Waals surface area contributed by atoms with E-state index in [1.165, 1.54) is 25.1 Å². The minimum absolute atomic E-state index is 0.103. The molecule has 0 aliphatic carbocycles. The SMILES string of the molecule is CC(=O)NCCCC(O)c1cc(F)cc(Cl)c1. The lowest BCUT2D eigenvalue weighted by molar-refractivity contribution is -0.118. The third kappa shape index (κ3) is 5.15. The molecular formula is C12H15ClFNO2. The molecule has 0 radical (unpaired) electrons. The molecule has 1 unspecified atom stereocenters. The van der Waals surface area contributed by atoms with Gasteiger partial charge in [0.1, 0.15) is 5.82 Å². The first-order valence-electron chi connectivity index (χ1n) is 5.37. The molecule has 0 aliphatic rings. The van der Waals surface area contributed by atoms with Crippen LogP contribution in [-0.4, -0.2) is 17.6 Å². The molecule has 0 saturated heterocycles. The summed E-state index contributed by atoms with van der Waals surface area (Å²) in [5.41, 5.74) is 0.456. The Morgan fingerprint density at radius 1 is 1.53 bits per heavy atom. The first kappa shape index (κ1) is 13.9. The van der Waals surface area contributed by atoms with E-state index in [-0.39, 0.29) is 10.9 Å². The van der Waals surface area contributed by atoms with Gasteiger partial charge in [-0.05, 0) is 36.6 Å². The highest BCUT2D eigenvalue weighted by Crippen LogP contribution is 2.22. The minimum Gasteiger partial charge on any atom is -0.388 e. The van der Waals surface area contributed by atoms with Gasteiger partial charge in [-0.2, -0.15) is 0 Å². The van der Waals surface area contributed by atoms with Gasteiger partial charge in [-0.15, -0.1) is 0 Å². The zero-order valence-electron chi connectivity index (χ0n) is 9.54. The van der Waals surface area contributed by atoms with Gasteiger partial charge in [0.05, 0.1) is 6.10 Å². The van der Waals surface area contributed by atoms with Gasteiger partial charge < -0.3 is 10.4 Å². The summed E-state index contributed by atoms with van der Waals surface area (Å²) in [5, 5.41) is 12.7. The second-order valence-electron chi connectivity index (χ2n) is 3.84. The van der Waals surface area contributed by atoms with E-state index in [1.54, 1.807) is 0 Å². The van der Waals surface area contributed by atoms with Gasteiger partial charge in [0.2, 0.25) is 5.91 Å². The highest BCUT2D eigenvalue weighted by Gasteiger charge is 2.09. The molecule has 0 saturated carbocycles. The van der Waals surface area contributed by atoms with Crippen molar-refractivity contribution in [3.63, 3.8) is 0 Å². The van der Waals surface area contributed by atoms with Gasteiger partial charge in [0.15, 0.2) is 0 Å². The topological polar surface area (TPSA) is 49.3 Å². The average Bonchev–Trinajstić information content (AvgIpc) is 2.22. The molecule has 0 heterocycles. The van der Waals surface area contributed by atoms with Gasteiger partial charge in [-0.3, -0.25) is 4.79 Å². The van der Waals surface area contributed by atoms with Crippen LogP contribution in [0.15, 0.2) is 18.2 Å². The Balaban J connectivity index is 2.46. The van der Waals surface area contributed by atoms with Crippen LogP contribution in [0.4, 0.5) is 4.39 Å². The quantitative estimate of drug-likeness (QED) is 0.798. The van der Waals surface area contributed by atoms with Crippen LogP contribution in [0.2, 0.25) is 5.02 Å². The fourth-order valence-corrected chi connectivity index (χ4v) is 1.72. The maximum Gasteiger partial charge on any atom is 0.216 e. The minimum atomic E-state index is -0.767. The molecule has 0 aliphatic heterocycles. The van der Waals surface area contributed by atoms with Crippen molar-refractivity contribution in [3.05, 3.63) is 34.6 Å². The first-order chi connectivity index (χ1) is 7.99. The van der Waals surface area contributed by atoms with E-state index in [1.807, 2.05) is 0 Å². The maximum atomic E-state index is 13.0. The van der Waals surface area contributed by atoms with E-state index in [4.69, 9.17) is 11.6 Å². The number of hydrogen-bond acceptors (Lipinski definition) is 2. The standard InChI is InChI=1S/C12H15ClFNO2/c1-8(16)15-4-2-3-12(17)9-5-10(13)7-11(14)6-9/h5-7,12,17H,2-4H2,1H3,(H,15,16). The monoisotopic (exact) mass is 259 g/mol. The zero-order chi connectivity index (χ0) is 12.8. The summed E-state index contributed by atoms with van der Waals surface area (Å²) >= 11 is 5.69. The molecule has 0 spiro atoms. The van der Waals surface area contributed by atoms with Crippen molar-refractivity contribution in [3.8, 4) is 0 Å². The molecule has 1 rings (SSSR count). The molecule has 94 valence electrons. The second-order valence-corrected chi connectivity index (χ2v) is 4.28. The number of hydrogen-bond donors (Lipinski definition) is 2. The molecule has 1 amide bonds. The summed E-state index contributed by atoms with van der Waals surface area (Å²) in [4.78, 5) is 10.6. The van der Waals surface area contributed by atoms with Crippen molar-refractivity contribution in [2.24, 2.45) is 0 Å². The first-order valence-corrected chi connectivity index (χ1v) is 5.75. The number of carbonyl (C=O) groups is 1. The fourth-order valence-electron chi connectivity index (χ4n) is 1.49. The van der Waals surface area contributed by atoms with Crippen molar-refractivity contribution in [2.75, 3.05) is 6.54 Å². The molecule has 1 aromatic carbocycles. The van der Waals surface area contributed by atoms with Crippen molar-refractivity contribution in [1.82, 2.24) is 5.32 Å². The van der Waals surface area contributed by atoms with Crippen LogP contribution >= 0.6 is 11.6 Å².